The molecule has 2 aromatic heterocycles. The van der Waals surface area contributed by atoms with Gasteiger partial charge in [0.2, 0.25) is 0 Å². The summed E-state index contributed by atoms with van der Waals surface area (Å²) in [5.74, 6) is -0.240. The number of ketones is 1. The van der Waals surface area contributed by atoms with Gasteiger partial charge in [-0.15, -0.1) is 0 Å². The number of aromatic nitrogens is 2. The first-order chi connectivity index (χ1) is 15.2. The number of pyridine rings is 1. The van der Waals surface area contributed by atoms with Crippen LogP contribution in [0.15, 0.2) is 72.9 Å². The van der Waals surface area contributed by atoms with Crippen molar-refractivity contribution >= 4 is 38.5 Å². The van der Waals surface area contributed by atoms with Gasteiger partial charge in [0.25, 0.3) is 5.91 Å². The van der Waals surface area contributed by atoms with E-state index in [-0.39, 0.29) is 11.7 Å². The molecule has 2 aromatic carbocycles. The molecule has 1 aliphatic heterocycles. The fourth-order valence-electron chi connectivity index (χ4n) is 3.78. The molecular formula is C24H20N4O2S. The van der Waals surface area contributed by atoms with Crippen LogP contribution in [0.1, 0.15) is 26.3 Å². The van der Waals surface area contributed by atoms with Gasteiger partial charge in [0.15, 0.2) is 10.9 Å². The second-order valence-electron chi connectivity index (χ2n) is 7.34. The molecule has 0 spiro atoms. The highest BCUT2D eigenvalue weighted by atomic mass is 32.1. The van der Waals surface area contributed by atoms with Crippen molar-refractivity contribution in [1.29, 1.82) is 0 Å². The second kappa shape index (κ2) is 8.28. The standard InChI is InChI=1S/C24H20N4O2S/c29-21(17-7-2-1-3-8-17)18-9-4-5-10-19(18)23(30)27-13-15-28(16-14-27)24-26-20-11-6-12-25-22(20)31-24/h1-12H,13-16H2. The van der Waals surface area contributed by atoms with Gasteiger partial charge in [-0.1, -0.05) is 59.9 Å². The van der Waals surface area contributed by atoms with E-state index in [4.69, 9.17) is 0 Å². The van der Waals surface area contributed by atoms with E-state index in [1.165, 1.54) is 0 Å². The molecular weight excluding hydrogens is 408 g/mol. The molecule has 1 saturated heterocycles. The smallest absolute Gasteiger partial charge is 0.254 e. The van der Waals surface area contributed by atoms with Crippen molar-refractivity contribution in [2.45, 2.75) is 0 Å². The number of anilines is 1. The molecule has 5 rings (SSSR count). The van der Waals surface area contributed by atoms with Crippen LogP contribution in [0.25, 0.3) is 10.3 Å². The van der Waals surface area contributed by atoms with Crippen LogP contribution in [0.4, 0.5) is 5.13 Å². The van der Waals surface area contributed by atoms with Gasteiger partial charge >= 0.3 is 0 Å². The van der Waals surface area contributed by atoms with Gasteiger partial charge in [-0.05, 0) is 18.2 Å². The van der Waals surface area contributed by atoms with E-state index >= 15 is 0 Å². The van der Waals surface area contributed by atoms with Gasteiger partial charge in [0, 0.05) is 43.5 Å². The lowest BCUT2D eigenvalue weighted by atomic mass is 9.97. The molecule has 0 saturated carbocycles. The number of thiazole rings is 1. The van der Waals surface area contributed by atoms with Crippen LogP contribution < -0.4 is 4.90 Å². The van der Waals surface area contributed by atoms with Gasteiger partial charge in [0.05, 0.1) is 5.56 Å². The van der Waals surface area contributed by atoms with Crippen LogP contribution in [0.2, 0.25) is 0 Å². The lowest BCUT2D eigenvalue weighted by Crippen LogP contribution is -2.49. The normalized spacial score (nSPS) is 14.1. The first kappa shape index (κ1) is 19.4. The zero-order valence-electron chi connectivity index (χ0n) is 16.8. The van der Waals surface area contributed by atoms with E-state index < -0.39 is 0 Å². The molecule has 0 radical (unpaired) electrons. The summed E-state index contributed by atoms with van der Waals surface area (Å²) in [6.07, 6.45) is 1.77. The SMILES string of the molecule is O=C(c1ccccc1)c1ccccc1C(=O)N1CCN(c2nc3cccnc3s2)CC1. The van der Waals surface area contributed by atoms with Crippen molar-refractivity contribution in [3.8, 4) is 0 Å². The third kappa shape index (κ3) is 3.80. The molecule has 0 bridgehead atoms. The van der Waals surface area contributed by atoms with Crippen molar-refractivity contribution in [1.82, 2.24) is 14.9 Å². The predicted molar refractivity (Wildman–Crippen MR) is 122 cm³/mol. The first-order valence-corrected chi connectivity index (χ1v) is 11.0. The van der Waals surface area contributed by atoms with Crippen LogP contribution >= 0.6 is 11.3 Å². The molecule has 0 atom stereocenters. The summed E-state index contributed by atoms with van der Waals surface area (Å²) in [5, 5.41) is 0.931. The molecule has 31 heavy (non-hydrogen) atoms. The summed E-state index contributed by atoms with van der Waals surface area (Å²) in [7, 11) is 0. The number of carbonyl (C=O) groups is 2. The van der Waals surface area contributed by atoms with Gasteiger partial charge in [-0.25, -0.2) is 9.97 Å². The molecule has 0 unspecified atom stereocenters. The minimum atomic E-state index is -0.134. The molecule has 3 heterocycles. The lowest BCUT2D eigenvalue weighted by molar-refractivity contribution is 0.0742. The number of amides is 1. The lowest BCUT2D eigenvalue weighted by Gasteiger charge is -2.34. The van der Waals surface area contributed by atoms with E-state index in [0.29, 0.717) is 42.9 Å². The van der Waals surface area contributed by atoms with Gasteiger partial charge in [-0.3, -0.25) is 9.59 Å². The number of nitrogens with zero attached hydrogens (tertiary/aromatic N) is 4. The van der Waals surface area contributed by atoms with Crippen molar-refractivity contribution in [3.05, 3.63) is 89.6 Å². The molecule has 154 valence electrons. The molecule has 1 fully saturated rings. The molecule has 4 aromatic rings. The third-order valence-electron chi connectivity index (χ3n) is 5.43. The minimum Gasteiger partial charge on any atom is -0.344 e. The van der Waals surface area contributed by atoms with Gasteiger partial charge in [-0.2, -0.15) is 0 Å². The highest BCUT2D eigenvalue weighted by Gasteiger charge is 2.26. The average Bonchev–Trinajstić information content (AvgIpc) is 3.28. The quantitative estimate of drug-likeness (QED) is 0.462. The Morgan fingerprint density at radius 2 is 1.52 bits per heavy atom. The second-order valence-corrected chi connectivity index (χ2v) is 8.30. The van der Waals surface area contributed by atoms with E-state index in [1.807, 2.05) is 35.2 Å². The van der Waals surface area contributed by atoms with Crippen LogP contribution in [-0.2, 0) is 0 Å². The van der Waals surface area contributed by atoms with Crippen molar-refractivity contribution < 1.29 is 9.59 Å². The van der Waals surface area contributed by atoms with Gasteiger partial charge in [0.1, 0.15) is 10.3 Å². The summed E-state index contributed by atoms with van der Waals surface area (Å²) < 4.78 is 0. The fraction of sp³-hybridized carbons (Fsp3) is 0.167. The Balaban J connectivity index is 1.32. The Morgan fingerprint density at radius 3 is 2.26 bits per heavy atom. The first-order valence-electron chi connectivity index (χ1n) is 10.2. The fourth-order valence-corrected chi connectivity index (χ4v) is 4.74. The average molecular weight is 429 g/mol. The predicted octanol–water partition coefficient (Wildman–Crippen LogP) is 3.88. The topological polar surface area (TPSA) is 66.4 Å². The number of piperazine rings is 1. The Hall–Kier alpha value is -3.58. The summed E-state index contributed by atoms with van der Waals surface area (Å²) in [4.78, 5) is 40.2. The van der Waals surface area contributed by atoms with E-state index in [9.17, 15) is 9.59 Å². The van der Waals surface area contributed by atoms with Crippen molar-refractivity contribution in [2.75, 3.05) is 31.1 Å². The number of hydrogen-bond acceptors (Lipinski definition) is 6. The Bertz CT molecular complexity index is 1210. The zero-order chi connectivity index (χ0) is 21.2. The maximum absolute atomic E-state index is 13.3. The molecule has 7 heteroatoms. The molecule has 0 N–H and O–H groups in total. The summed E-state index contributed by atoms with van der Waals surface area (Å²) >= 11 is 1.57. The minimum absolute atomic E-state index is 0.106. The number of hydrogen-bond donors (Lipinski definition) is 0. The number of carbonyl (C=O) groups excluding carboxylic acids is 2. The largest absolute Gasteiger partial charge is 0.344 e. The number of fused-ring (bicyclic) bond motifs is 1. The van der Waals surface area contributed by atoms with Crippen LogP contribution in [0.5, 0.6) is 0 Å². The molecule has 1 aliphatic rings. The highest BCUT2D eigenvalue weighted by Crippen LogP contribution is 2.28. The Morgan fingerprint density at radius 1 is 0.806 bits per heavy atom. The van der Waals surface area contributed by atoms with Crippen LogP contribution in [0, 0.1) is 0 Å². The summed E-state index contributed by atoms with van der Waals surface area (Å²) in [5.41, 5.74) is 2.37. The van der Waals surface area contributed by atoms with E-state index in [2.05, 4.69) is 14.9 Å². The third-order valence-corrected chi connectivity index (χ3v) is 6.47. The molecule has 6 nitrogen and oxygen atoms in total. The number of rotatable bonds is 4. The van der Waals surface area contributed by atoms with Crippen molar-refractivity contribution in [3.63, 3.8) is 0 Å². The summed E-state index contributed by atoms with van der Waals surface area (Å²) in [6, 6.07) is 20.0. The molecule has 0 aliphatic carbocycles. The van der Waals surface area contributed by atoms with E-state index in [0.717, 1.165) is 15.5 Å². The highest BCUT2D eigenvalue weighted by molar-refractivity contribution is 7.21. The summed E-state index contributed by atoms with van der Waals surface area (Å²) in [6.45, 7) is 2.55. The maximum Gasteiger partial charge on any atom is 0.254 e. The van der Waals surface area contributed by atoms with Crippen LogP contribution in [0.3, 0.4) is 0 Å². The van der Waals surface area contributed by atoms with E-state index in [1.54, 1.807) is 53.9 Å². The van der Waals surface area contributed by atoms with Crippen LogP contribution in [-0.4, -0.2) is 52.7 Å². The Kier molecular flexibility index (Phi) is 5.18. The van der Waals surface area contributed by atoms with Gasteiger partial charge < -0.3 is 9.80 Å². The molecule has 1 amide bonds. The monoisotopic (exact) mass is 428 g/mol. The zero-order valence-corrected chi connectivity index (χ0v) is 17.6. The number of benzene rings is 2. The maximum atomic E-state index is 13.3. The Labute approximate surface area is 183 Å². The van der Waals surface area contributed by atoms with Crippen molar-refractivity contribution in [2.24, 2.45) is 0 Å².